The monoisotopic (exact) mass is 369 g/mol. The van der Waals surface area contributed by atoms with Crippen molar-refractivity contribution >= 4 is 27.3 Å². The van der Waals surface area contributed by atoms with Gasteiger partial charge in [-0.2, -0.15) is 4.31 Å². The highest BCUT2D eigenvalue weighted by Crippen LogP contribution is 2.36. The quantitative estimate of drug-likeness (QED) is 0.734. The molecule has 1 aromatic heterocycles. The molecule has 1 aliphatic carbocycles. The lowest BCUT2D eigenvalue weighted by molar-refractivity contribution is 0.0602. The maximum atomic E-state index is 13.9. The van der Waals surface area contributed by atoms with Gasteiger partial charge in [-0.3, -0.25) is 0 Å². The Bertz CT molecular complexity index is 858. The molecule has 0 saturated heterocycles. The second kappa shape index (κ2) is 6.62. The fourth-order valence-corrected chi connectivity index (χ4v) is 5.41. The predicted molar refractivity (Wildman–Crippen MR) is 87.8 cm³/mol. The van der Waals surface area contributed by atoms with Crippen molar-refractivity contribution in [1.29, 1.82) is 0 Å². The van der Waals surface area contributed by atoms with Gasteiger partial charge in [0.05, 0.1) is 7.11 Å². The van der Waals surface area contributed by atoms with E-state index in [1.807, 2.05) is 0 Å². The standard InChI is InChI=1S/C16H16FNO4S2/c1-22-16(19)15-14(8-9-23-15)24(20,21)18(12-6-7-12)10-11-4-2-3-5-13(11)17/h2-5,8-9,12H,6-7,10H2,1H3. The average molecular weight is 369 g/mol. The molecule has 0 amide bonds. The molecule has 0 unspecified atom stereocenters. The summed E-state index contributed by atoms with van der Waals surface area (Å²) in [4.78, 5) is 11.8. The first kappa shape index (κ1) is 17.1. The zero-order valence-electron chi connectivity index (χ0n) is 12.9. The number of methoxy groups -OCH3 is 1. The molecule has 1 saturated carbocycles. The van der Waals surface area contributed by atoms with Gasteiger partial charge < -0.3 is 4.74 Å². The van der Waals surface area contributed by atoms with Gasteiger partial charge in [0.25, 0.3) is 0 Å². The number of halogens is 1. The van der Waals surface area contributed by atoms with Crippen LogP contribution in [-0.4, -0.2) is 31.8 Å². The minimum Gasteiger partial charge on any atom is -0.465 e. The third-order valence-electron chi connectivity index (χ3n) is 3.82. The van der Waals surface area contributed by atoms with Crippen LogP contribution in [0.2, 0.25) is 0 Å². The molecule has 128 valence electrons. The average Bonchev–Trinajstić information content (AvgIpc) is 3.27. The number of esters is 1. The van der Waals surface area contributed by atoms with Crippen LogP contribution in [0, 0.1) is 5.82 Å². The van der Waals surface area contributed by atoms with Crippen molar-refractivity contribution in [2.75, 3.05) is 7.11 Å². The molecule has 1 fully saturated rings. The minimum atomic E-state index is -3.92. The zero-order chi connectivity index (χ0) is 17.3. The Morgan fingerprint density at radius 3 is 2.67 bits per heavy atom. The van der Waals surface area contributed by atoms with E-state index in [4.69, 9.17) is 0 Å². The van der Waals surface area contributed by atoms with E-state index in [1.165, 1.54) is 28.9 Å². The first-order chi connectivity index (χ1) is 11.4. The number of thiophene rings is 1. The van der Waals surface area contributed by atoms with Crippen LogP contribution in [0.5, 0.6) is 0 Å². The van der Waals surface area contributed by atoms with E-state index in [0.717, 1.165) is 24.2 Å². The molecular weight excluding hydrogens is 353 g/mol. The molecule has 24 heavy (non-hydrogen) atoms. The highest BCUT2D eigenvalue weighted by Gasteiger charge is 2.40. The summed E-state index contributed by atoms with van der Waals surface area (Å²) >= 11 is 1.01. The Balaban J connectivity index is 1.98. The van der Waals surface area contributed by atoms with Crippen LogP contribution in [0.1, 0.15) is 28.1 Å². The number of hydrogen-bond acceptors (Lipinski definition) is 5. The van der Waals surface area contributed by atoms with Gasteiger partial charge >= 0.3 is 5.97 Å². The maximum Gasteiger partial charge on any atom is 0.349 e. The summed E-state index contributed by atoms with van der Waals surface area (Å²) in [6, 6.07) is 7.32. The van der Waals surface area contributed by atoms with Gasteiger partial charge in [0.1, 0.15) is 15.6 Å². The number of carbonyl (C=O) groups excluding carboxylic acids is 1. The van der Waals surface area contributed by atoms with Crippen LogP contribution in [-0.2, 0) is 21.3 Å². The molecule has 5 nitrogen and oxygen atoms in total. The Morgan fingerprint density at radius 2 is 2.04 bits per heavy atom. The van der Waals surface area contributed by atoms with Gasteiger partial charge in [0, 0.05) is 18.2 Å². The van der Waals surface area contributed by atoms with Gasteiger partial charge in [-0.15, -0.1) is 11.3 Å². The third kappa shape index (κ3) is 3.22. The van der Waals surface area contributed by atoms with Crippen molar-refractivity contribution in [3.05, 3.63) is 52.0 Å². The van der Waals surface area contributed by atoms with E-state index < -0.39 is 21.8 Å². The minimum absolute atomic E-state index is 0.0386. The van der Waals surface area contributed by atoms with Gasteiger partial charge in [-0.1, -0.05) is 18.2 Å². The third-order valence-corrected chi connectivity index (χ3v) is 6.79. The first-order valence-electron chi connectivity index (χ1n) is 7.36. The maximum absolute atomic E-state index is 13.9. The Kier molecular flexibility index (Phi) is 4.71. The van der Waals surface area contributed by atoms with Crippen molar-refractivity contribution in [3.63, 3.8) is 0 Å². The molecule has 1 aromatic carbocycles. The van der Waals surface area contributed by atoms with Crippen LogP contribution in [0.15, 0.2) is 40.6 Å². The Labute approximate surface area is 143 Å². The number of ether oxygens (including phenoxy) is 1. The van der Waals surface area contributed by atoms with Crippen molar-refractivity contribution in [2.45, 2.75) is 30.3 Å². The van der Waals surface area contributed by atoms with Crippen LogP contribution in [0.4, 0.5) is 4.39 Å². The fourth-order valence-electron chi connectivity index (χ4n) is 2.44. The molecule has 0 atom stereocenters. The Hall–Kier alpha value is -1.77. The van der Waals surface area contributed by atoms with Crippen molar-refractivity contribution in [2.24, 2.45) is 0 Å². The molecule has 3 rings (SSSR count). The van der Waals surface area contributed by atoms with Crippen molar-refractivity contribution < 1.29 is 22.3 Å². The molecular formula is C16H16FNO4S2. The topological polar surface area (TPSA) is 63.7 Å². The van der Waals surface area contributed by atoms with Gasteiger partial charge in [0.15, 0.2) is 0 Å². The SMILES string of the molecule is COC(=O)c1sccc1S(=O)(=O)N(Cc1ccccc1F)C1CC1. The smallest absolute Gasteiger partial charge is 0.349 e. The van der Waals surface area contributed by atoms with Crippen LogP contribution in [0.3, 0.4) is 0 Å². The molecule has 1 aliphatic rings. The molecule has 0 aliphatic heterocycles. The normalized spacial score (nSPS) is 14.8. The summed E-state index contributed by atoms with van der Waals surface area (Å²) in [5, 5.41) is 1.54. The molecule has 2 aromatic rings. The first-order valence-corrected chi connectivity index (χ1v) is 9.68. The van der Waals surface area contributed by atoms with Crippen LogP contribution >= 0.6 is 11.3 Å². The van der Waals surface area contributed by atoms with Crippen LogP contribution < -0.4 is 0 Å². The van der Waals surface area contributed by atoms with Gasteiger partial charge in [0.2, 0.25) is 10.0 Å². The molecule has 8 heteroatoms. The number of carbonyl (C=O) groups is 1. The van der Waals surface area contributed by atoms with E-state index in [-0.39, 0.29) is 22.4 Å². The molecule has 0 bridgehead atoms. The van der Waals surface area contributed by atoms with Crippen molar-refractivity contribution in [3.8, 4) is 0 Å². The zero-order valence-corrected chi connectivity index (χ0v) is 14.6. The second-order valence-corrected chi connectivity index (χ2v) is 8.25. The molecule has 1 heterocycles. The van der Waals surface area contributed by atoms with E-state index in [2.05, 4.69) is 4.74 Å². The number of benzene rings is 1. The van der Waals surface area contributed by atoms with E-state index in [0.29, 0.717) is 5.56 Å². The molecule has 0 radical (unpaired) electrons. The fraction of sp³-hybridized carbons (Fsp3) is 0.312. The summed E-state index contributed by atoms with van der Waals surface area (Å²) in [6.45, 7) is -0.0594. The summed E-state index contributed by atoms with van der Waals surface area (Å²) < 4.78 is 45.9. The lowest BCUT2D eigenvalue weighted by atomic mass is 10.2. The van der Waals surface area contributed by atoms with E-state index >= 15 is 0 Å². The van der Waals surface area contributed by atoms with Gasteiger partial charge in [-0.05, 0) is 30.4 Å². The highest BCUT2D eigenvalue weighted by molar-refractivity contribution is 7.89. The lowest BCUT2D eigenvalue weighted by Crippen LogP contribution is -2.33. The summed E-state index contributed by atoms with van der Waals surface area (Å²) in [7, 11) is -2.71. The number of rotatable bonds is 6. The largest absolute Gasteiger partial charge is 0.465 e. The number of nitrogens with zero attached hydrogens (tertiary/aromatic N) is 1. The van der Waals surface area contributed by atoms with Crippen molar-refractivity contribution in [1.82, 2.24) is 4.31 Å². The number of sulfonamides is 1. The molecule has 0 N–H and O–H groups in total. The molecule has 0 spiro atoms. The second-order valence-electron chi connectivity index (χ2n) is 5.48. The van der Waals surface area contributed by atoms with Gasteiger partial charge in [-0.25, -0.2) is 17.6 Å². The summed E-state index contributed by atoms with van der Waals surface area (Å²) in [5.74, 6) is -1.14. The predicted octanol–water partition coefficient (Wildman–Crippen LogP) is 3.03. The Morgan fingerprint density at radius 1 is 1.33 bits per heavy atom. The summed E-state index contributed by atoms with van der Waals surface area (Å²) in [6.07, 6.45) is 1.46. The summed E-state index contributed by atoms with van der Waals surface area (Å²) in [5.41, 5.74) is 0.308. The number of hydrogen-bond donors (Lipinski definition) is 0. The van der Waals surface area contributed by atoms with E-state index in [1.54, 1.807) is 18.2 Å². The van der Waals surface area contributed by atoms with E-state index in [9.17, 15) is 17.6 Å². The van der Waals surface area contributed by atoms with Crippen LogP contribution in [0.25, 0.3) is 0 Å². The highest BCUT2D eigenvalue weighted by atomic mass is 32.2. The lowest BCUT2D eigenvalue weighted by Gasteiger charge is -2.22.